The van der Waals surface area contributed by atoms with Gasteiger partial charge >= 0.3 is 12.1 Å². The van der Waals surface area contributed by atoms with Crippen LogP contribution in [0.4, 0.5) is 4.79 Å². The number of nitrogens with one attached hydrogen (secondary N) is 9. The zero-order valence-corrected chi connectivity index (χ0v) is 44.1. The second-order valence-corrected chi connectivity index (χ2v) is 20.4. The predicted molar refractivity (Wildman–Crippen MR) is 303 cm³/mol. The Morgan fingerprint density at radius 3 is 1.43 bits per heavy atom. The Morgan fingerprint density at radius 2 is 0.938 bits per heavy atom. The number of benzene rings is 5. The van der Waals surface area contributed by atoms with E-state index in [2.05, 4.69) is 46.5 Å². The van der Waals surface area contributed by atoms with Crippen molar-refractivity contribution in [1.82, 2.24) is 46.5 Å². The minimum Gasteiger partial charge on any atom is -0.467 e. The number of amides is 5. The minimum atomic E-state index is -1.20. The molecule has 410 valence electrons. The summed E-state index contributed by atoms with van der Waals surface area (Å²) in [5.74, 6) is -3.81. The number of esters is 1. The topological polar surface area (TPSA) is 261 Å². The number of alkyl carbamates (subject to hydrolysis) is 1. The van der Waals surface area contributed by atoms with E-state index in [1.165, 1.54) is 7.11 Å². The van der Waals surface area contributed by atoms with E-state index >= 15 is 0 Å². The molecule has 9 N–H and O–H groups in total. The number of ether oxygens (including phenoxy) is 2. The molecule has 0 spiro atoms. The van der Waals surface area contributed by atoms with Gasteiger partial charge in [-0.1, -0.05) is 110 Å². The van der Waals surface area contributed by atoms with Gasteiger partial charge in [0.1, 0.15) is 30.8 Å². The number of carbonyl (C=O) groups excluding carboxylic acids is 7. The van der Waals surface area contributed by atoms with Crippen molar-refractivity contribution in [2.24, 2.45) is 5.92 Å². The van der Waals surface area contributed by atoms with Crippen LogP contribution in [0, 0.1) is 5.92 Å². The van der Waals surface area contributed by atoms with Gasteiger partial charge in [-0.15, -0.1) is 0 Å². The highest BCUT2D eigenvalue weighted by Gasteiger charge is 2.36. The number of aromatic amines is 4. The van der Waals surface area contributed by atoms with Gasteiger partial charge in [0.15, 0.2) is 5.78 Å². The number of hydrogen-bond acceptors (Lipinski definition) is 9. The minimum absolute atomic E-state index is 0.0310. The summed E-state index contributed by atoms with van der Waals surface area (Å²) in [6, 6.07) is 34.1. The Kier molecular flexibility index (Phi) is 16.8. The van der Waals surface area contributed by atoms with E-state index in [4.69, 9.17) is 9.47 Å². The van der Waals surface area contributed by atoms with Crippen LogP contribution in [0.1, 0.15) is 59.9 Å². The lowest BCUT2D eigenvalue weighted by atomic mass is 9.81. The van der Waals surface area contributed by atoms with Crippen molar-refractivity contribution < 1.29 is 43.0 Å². The van der Waals surface area contributed by atoms with E-state index in [1.807, 2.05) is 127 Å². The molecule has 18 heteroatoms. The van der Waals surface area contributed by atoms with Crippen LogP contribution in [0.2, 0.25) is 0 Å². The Balaban J connectivity index is 0.826. The second kappa shape index (κ2) is 24.9. The molecule has 5 amide bonds. The summed E-state index contributed by atoms with van der Waals surface area (Å²) in [6.45, 7) is -0.0310. The summed E-state index contributed by atoms with van der Waals surface area (Å²) in [7, 11) is 1.25. The van der Waals surface area contributed by atoms with Crippen molar-refractivity contribution >= 4 is 85.1 Å². The first kappa shape index (κ1) is 53.9. The van der Waals surface area contributed by atoms with Crippen molar-refractivity contribution in [3.63, 3.8) is 0 Å². The molecule has 1 fully saturated rings. The highest BCUT2D eigenvalue weighted by atomic mass is 16.5. The quantitative estimate of drug-likeness (QED) is 0.0305. The average Bonchev–Trinajstić information content (AvgIpc) is 4.30. The molecule has 0 unspecified atom stereocenters. The lowest BCUT2D eigenvalue weighted by Gasteiger charge is -2.30. The summed E-state index contributed by atoms with van der Waals surface area (Å²) >= 11 is 0. The molecule has 4 aromatic heterocycles. The second-order valence-electron chi connectivity index (χ2n) is 20.4. The van der Waals surface area contributed by atoms with Crippen LogP contribution >= 0.6 is 0 Å². The third kappa shape index (κ3) is 12.8. The van der Waals surface area contributed by atoms with Crippen LogP contribution in [-0.2, 0) is 70.5 Å². The predicted octanol–water partition coefficient (Wildman–Crippen LogP) is 7.44. The van der Waals surface area contributed by atoms with Gasteiger partial charge in [-0.2, -0.15) is 0 Å². The third-order valence-corrected chi connectivity index (χ3v) is 15.1. The molecule has 10 rings (SSSR count). The molecular weight excluding hydrogens is 1010 g/mol. The fraction of sp³-hybridized carbons (Fsp3) is 0.274. The Morgan fingerprint density at radius 1 is 0.512 bits per heavy atom. The standard InChI is InChI=1S/C62H63N9O9/c1-79-61(77)55(31-42-35-66-50-24-12-8-20-46(42)50)70-58(74)52(28-39-32-63-47-21-9-5-17-43(39)47)67-56(72)27-26-38-16-13-25-51(57(38)73)68-59(75)53(29-40-33-64-48-22-10-6-18-44(40)48)69-60(76)54(30-41-34-65-49-23-11-7-19-45(41)49)71-62(78)80-36-37-14-3-2-4-15-37/h2-12,14-15,17-24,32-35,38,51-55,63-66H,13,16,25-31,36H2,1H3,(H,67,72)(H,68,75)(H,69,76)(H,70,74)(H,71,78)/t38-,51-,52+,53+,54+,55+/m1/s1. The average molecular weight is 1080 g/mol. The lowest BCUT2D eigenvalue weighted by molar-refractivity contribution is -0.145. The normalized spacial score (nSPS) is 15.9. The highest BCUT2D eigenvalue weighted by Crippen LogP contribution is 2.27. The van der Waals surface area contributed by atoms with Gasteiger partial charge in [0.2, 0.25) is 23.6 Å². The zero-order chi connectivity index (χ0) is 55.5. The first-order valence-electron chi connectivity index (χ1n) is 27.0. The summed E-state index contributed by atoms with van der Waals surface area (Å²) in [4.78, 5) is 112. The van der Waals surface area contributed by atoms with Crippen LogP contribution in [-0.4, -0.2) is 98.7 Å². The van der Waals surface area contributed by atoms with Gasteiger partial charge < -0.3 is 56.0 Å². The largest absolute Gasteiger partial charge is 0.467 e. The molecule has 6 atom stereocenters. The molecule has 1 saturated carbocycles. The van der Waals surface area contributed by atoms with E-state index in [1.54, 1.807) is 24.8 Å². The molecule has 0 radical (unpaired) electrons. The van der Waals surface area contributed by atoms with E-state index in [-0.39, 0.29) is 50.9 Å². The van der Waals surface area contributed by atoms with Crippen LogP contribution < -0.4 is 26.6 Å². The monoisotopic (exact) mass is 1080 g/mol. The summed E-state index contributed by atoms with van der Waals surface area (Å²) in [5, 5.41) is 17.9. The highest BCUT2D eigenvalue weighted by molar-refractivity contribution is 5.97. The first-order valence-corrected chi connectivity index (χ1v) is 27.0. The lowest BCUT2D eigenvalue weighted by Crippen LogP contribution is -2.57. The van der Waals surface area contributed by atoms with Crippen LogP contribution in [0.3, 0.4) is 0 Å². The molecule has 0 saturated heterocycles. The summed E-state index contributed by atoms with van der Waals surface area (Å²) in [6.07, 6.45) is 8.06. The molecule has 1 aliphatic rings. The maximum absolute atomic E-state index is 14.7. The maximum Gasteiger partial charge on any atom is 0.408 e. The maximum atomic E-state index is 14.7. The molecule has 9 aromatic rings. The van der Waals surface area contributed by atoms with Crippen molar-refractivity contribution in [3.8, 4) is 0 Å². The number of para-hydroxylation sites is 4. The number of fused-ring (bicyclic) bond motifs is 4. The van der Waals surface area contributed by atoms with Crippen LogP contribution in [0.25, 0.3) is 43.6 Å². The molecule has 18 nitrogen and oxygen atoms in total. The summed E-state index contributed by atoms with van der Waals surface area (Å²) in [5.41, 5.74) is 7.23. The number of aromatic nitrogens is 4. The fourth-order valence-electron chi connectivity index (χ4n) is 10.9. The van der Waals surface area contributed by atoms with Crippen molar-refractivity contribution in [3.05, 3.63) is 180 Å². The van der Waals surface area contributed by atoms with Crippen molar-refractivity contribution in [2.75, 3.05) is 7.11 Å². The zero-order valence-electron chi connectivity index (χ0n) is 44.1. The number of carbonyl (C=O) groups is 7. The van der Waals surface area contributed by atoms with E-state index < -0.39 is 71.8 Å². The Labute approximate surface area is 460 Å². The number of methoxy groups -OCH3 is 1. The van der Waals surface area contributed by atoms with Gasteiger partial charge in [0.05, 0.1) is 13.2 Å². The van der Waals surface area contributed by atoms with Crippen LogP contribution in [0.15, 0.2) is 152 Å². The molecule has 1 aliphatic carbocycles. The van der Waals surface area contributed by atoms with Crippen LogP contribution in [0.5, 0.6) is 0 Å². The van der Waals surface area contributed by atoms with E-state index in [9.17, 15) is 33.6 Å². The number of ketones is 1. The SMILES string of the molecule is COC(=O)[C@H](Cc1c[nH]c2ccccc12)NC(=O)[C@H](Cc1c[nH]c2ccccc12)NC(=O)CC[C@H]1CCC[C@@H](NC(=O)[C@H](Cc2c[nH]c3ccccc23)NC(=O)[C@H](Cc2c[nH]c3ccccc23)NC(=O)OCc2ccccc2)C1=O. The fourth-order valence-corrected chi connectivity index (χ4v) is 10.9. The van der Waals surface area contributed by atoms with Crippen molar-refractivity contribution in [1.29, 1.82) is 0 Å². The first-order chi connectivity index (χ1) is 39.0. The van der Waals surface area contributed by atoms with Gasteiger partial charge in [0, 0.05) is 106 Å². The van der Waals surface area contributed by atoms with Gasteiger partial charge in [-0.25, -0.2) is 9.59 Å². The van der Waals surface area contributed by atoms with Gasteiger partial charge in [-0.05, 0) is 71.3 Å². The molecule has 4 heterocycles. The molecular formula is C62H63N9O9. The molecule has 0 bridgehead atoms. The van der Waals surface area contributed by atoms with Crippen molar-refractivity contribution in [2.45, 2.75) is 94.6 Å². The summed E-state index contributed by atoms with van der Waals surface area (Å²) < 4.78 is 10.7. The smallest absolute Gasteiger partial charge is 0.408 e. The number of rotatable bonds is 22. The number of hydrogen-bond donors (Lipinski definition) is 9. The van der Waals surface area contributed by atoms with E-state index in [0.717, 1.165) is 71.4 Å². The van der Waals surface area contributed by atoms with E-state index in [0.29, 0.717) is 19.3 Å². The Bertz CT molecular complexity index is 3690. The van der Waals surface area contributed by atoms with Gasteiger partial charge in [0.25, 0.3) is 0 Å². The molecule has 0 aliphatic heterocycles. The number of Topliss-reactive ketones (excluding diaryl/α,β-unsaturated/α-hetero) is 1. The van der Waals surface area contributed by atoms with Gasteiger partial charge in [-0.3, -0.25) is 24.0 Å². The molecule has 80 heavy (non-hydrogen) atoms. The molecule has 5 aromatic carbocycles. The Hall–Kier alpha value is -9.45. The number of H-pyrrole nitrogens is 4. The third-order valence-electron chi connectivity index (χ3n) is 15.1.